The number of aromatic nitrogens is 1. The van der Waals surface area contributed by atoms with Crippen LogP contribution in [-0.4, -0.2) is 36.1 Å². The standard InChI is InChI=1S/C11H19N3S/c1-9-11(15-8-13-9)7-12-10-3-5-14(2)6-4-10/h8,10,12H,3-7H2,1-2H3. The van der Waals surface area contributed by atoms with Crippen molar-refractivity contribution in [3.63, 3.8) is 0 Å². The van der Waals surface area contributed by atoms with Gasteiger partial charge in [0, 0.05) is 17.5 Å². The Kier molecular flexibility index (Phi) is 3.72. The SMILES string of the molecule is Cc1ncsc1CNC1CCN(C)CC1. The second-order valence-corrected chi connectivity index (χ2v) is 5.26. The number of nitrogens with zero attached hydrogens (tertiary/aromatic N) is 2. The number of piperidine rings is 1. The molecule has 0 atom stereocenters. The molecule has 1 saturated heterocycles. The number of likely N-dealkylation sites (tertiary alicyclic amines) is 1. The van der Waals surface area contributed by atoms with Gasteiger partial charge >= 0.3 is 0 Å². The minimum atomic E-state index is 0.697. The largest absolute Gasteiger partial charge is 0.309 e. The Morgan fingerprint density at radius 2 is 2.27 bits per heavy atom. The second-order valence-electron chi connectivity index (χ2n) is 4.32. The molecule has 84 valence electrons. The summed E-state index contributed by atoms with van der Waals surface area (Å²) >= 11 is 1.75. The summed E-state index contributed by atoms with van der Waals surface area (Å²) in [7, 11) is 2.20. The zero-order valence-corrected chi connectivity index (χ0v) is 10.3. The molecule has 1 N–H and O–H groups in total. The number of hydrogen-bond donors (Lipinski definition) is 1. The van der Waals surface area contributed by atoms with Crippen molar-refractivity contribution < 1.29 is 0 Å². The molecular weight excluding hydrogens is 206 g/mol. The number of nitrogens with one attached hydrogen (secondary N) is 1. The zero-order valence-electron chi connectivity index (χ0n) is 9.49. The molecule has 1 fully saturated rings. The van der Waals surface area contributed by atoms with E-state index in [1.807, 2.05) is 5.51 Å². The molecule has 2 heterocycles. The first-order valence-electron chi connectivity index (χ1n) is 5.56. The van der Waals surface area contributed by atoms with Crippen molar-refractivity contribution in [2.24, 2.45) is 0 Å². The third-order valence-electron chi connectivity index (χ3n) is 3.11. The van der Waals surface area contributed by atoms with Gasteiger partial charge in [-0.1, -0.05) is 0 Å². The fourth-order valence-corrected chi connectivity index (χ4v) is 2.67. The van der Waals surface area contributed by atoms with Crippen LogP contribution in [0.1, 0.15) is 23.4 Å². The normalized spacial score (nSPS) is 19.6. The molecule has 2 rings (SSSR count). The maximum absolute atomic E-state index is 4.26. The summed E-state index contributed by atoms with van der Waals surface area (Å²) in [5.41, 5.74) is 3.11. The van der Waals surface area contributed by atoms with Crippen LogP contribution < -0.4 is 5.32 Å². The van der Waals surface area contributed by atoms with Gasteiger partial charge in [-0.05, 0) is 39.9 Å². The first-order chi connectivity index (χ1) is 7.25. The van der Waals surface area contributed by atoms with Crippen LogP contribution in [0.3, 0.4) is 0 Å². The first-order valence-corrected chi connectivity index (χ1v) is 6.44. The van der Waals surface area contributed by atoms with Crippen LogP contribution in [0.2, 0.25) is 0 Å². The monoisotopic (exact) mass is 225 g/mol. The molecular formula is C11H19N3S. The third kappa shape index (κ3) is 3.00. The second kappa shape index (κ2) is 5.05. The average molecular weight is 225 g/mol. The van der Waals surface area contributed by atoms with Crippen molar-refractivity contribution in [3.8, 4) is 0 Å². The van der Waals surface area contributed by atoms with Crippen molar-refractivity contribution in [3.05, 3.63) is 16.1 Å². The summed E-state index contributed by atoms with van der Waals surface area (Å²) in [6.07, 6.45) is 2.54. The molecule has 1 aliphatic heterocycles. The lowest BCUT2D eigenvalue weighted by atomic mass is 10.1. The summed E-state index contributed by atoms with van der Waals surface area (Å²) in [4.78, 5) is 8.04. The van der Waals surface area contributed by atoms with Gasteiger partial charge in [-0.2, -0.15) is 0 Å². The molecule has 0 radical (unpaired) electrons. The van der Waals surface area contributed by atoms with Gasteiger partial charge in [0.15, 0.2) is 0 Å². The minimum Gasteiger partial charge on any atom is -0.309 e. The first kappa shape index (κ1) is 11.0. The fourth-order valence-electron chi connectivity index (χ4n) is 1.95. The van der Waals surface area contributed by atoms with Gasteiger partial charge in [0.2, 0.25) is 0 Å². The summed E-state index contributed by atoms with van der Waals surface area (Å²) in [6, 6.07) is 0.697. The minimum absolute atomic E-state index is 0.697. The molecule has 1 aromatic heterocycles. The lowest BCUT2D eigenvalue weighted by Crippen LogP contribution is -2.40. The summed E-state index contributed by atoms with van der Waals surface area (Å²) in [5.74, 6) is 0. The zero-order chi connectivity index (χ0) is 10.7. The van der Waals surface area contributed by atoms with E-state index in [4.69, 9.17) is 0 Å². The van der Waals surface area contributed by atoms with Gasteiger partial charge in [0.1, 0.15) is 0 Å². The predicted molar refractivity (Wildman–Crippen MR) is 64.2 cm³/mol. The van der Waals surface area contributed by atoms with E-state index in [1.165, 1.54) is 36.5 Å². The molecule has 3 nitrogen and oxygen atoms in total. The molecule has 0 aliphatic carbocycles. The highest BCUT2D eigenvalue weighted by molar-refractivity contribution is 7.09. The van der Waals surface area contributed by atoms with E-state index >= 15 is 0 Å². The van der Waals surface area contributed by atoms with Crippen LogP contribution in [0.4, 0.5) is 0 Å². The number of thiazole rings is 1. The van der Waals surface area contributed by atoms with Crippen LogP contribution in [-0.2, 0) is 6.54 Å². The fraction of sp³-hybridized carbons (Fsp3) is 0.727. The predicted octanol–water partition coefficient (Wildman–Crippen LogP) is 1.64. The molecule has 0 saturated carbocycles. The molecule has 1 aliphatic rings. The van der Waals surface area contributed by atoms with Crippen molar-refractivity contribution >= 4 is 11.3 Å². The van der Waals surface area contributed by atoms with Gasteiger partial charge < -0.3 is 10.2 Å². The summed E-state index contributed by atoms with van der Waals surface area (Å²) in [6.45, 7) is 5.52. The van der Waals surface area contributed by atoms with Gasteiger partial charge in [-0.3, -0.25) is 0 Å². The summed E-state index contributed by atoms with van der Waals surface area (Å²) < 4.78 is 0. The highest BCUT2D eigenvalue weighted by Gasteiger charge is 2.16. The van der Waals surface area contributed by atoms with Crippen molar-refractivity contribution in [1.29, 1.82) is 0 Å². The van der Waals surface area contributed by atoms with Crippen LogP contribution >= 0.6 is 11.3 Å². The Labute approximate surface area is 95.5 Å². The Balaban J connectivity index is 1.77. The van der Waals surface area contributed by atoms with Gasteiger partial charge in [-0.25, -0.2) is 4.98 Å². The molecule has 4 heteroatoms. The maximum Gasteiger partial charge on any atom is 0.0798 e. The molecule has 0 amide bonds. The van der Waals surface area contributed by atoms with Gasteiger partial charge in [0.25, 0.3) is 0 Å². The van der Waals surface area contributed by atoms with Crippen LogP contribution in [0.25, 0.3) is 0 Å². The Bertz CT molecular complexity index is 303. The highest BCUT2D eigenvalue weighted by Crippen LogP contribution is 2.14. The lowest BCUT2D eigenvalue weighted by Gasteiger charge is -2.29. The van der Waals surface area contributed by atoms with E-state index in [9.17, 15) is 0 Å². The van der Waals surface area contributed by atoms with Gasteiger partial charge in [0.05, 0.1) is 11.2 Å². The van der Waals surface area contributed by atoms with Gasteiger partial charge in [-0.15, -0.1) is 11.3 Å². The van der Waals surface area contributed by atoms with E-state index in [2.05, 4.69) is 29.2 Å². The van der Waals surface area contributed by atoms with Crippen LogP contribution in [0.5, 0.6) is 0 Å². The van der Waals surface area contributed by atoms with E-state index < -0.39 is 0 Å². The molecule has 0 aromatic carbocycles. The smallest absolute Gasteiger partial charge is 0.0798 e. The third-order valence-corrected chi connectivity index (χ3v) is 4.05. The quantitative estimate of drug-likeness (QED) is 0.847. The van der Waals surface area contributed by atoms with E-state index in [-0.39, 0.29) is 0 Å². The van der Waals surface area contributed by atoms with E-state index in [1.54, 1.807) is 11.3 Å². The van der Waals surface area contributed by atoms with E-state index in [0.717, 1.165) is 6.54 Å². The molecule has 0 bridgehead atoms. The maximum atomic E-state index is 4.26. The van der Waals surface area contributed by atoms with E-state index in [0.29, 0.717) is 6.04 Å². The Hall–Kier alpha value is -0.450. The number of aryl methyl sites for hydroxylation is 1. The highest BCUT2D eigenvalue weighted by atomic mass is 32.1. The van der Waals surface area contributed by atoms with Crippen LogP contribution in [0.15, 0.2) is 5.51 Å². The Morgan fingerprint density at radius 3 is 2.87 bits per heavy atom. The molecule has 0 spiro atoms. The average Bonchev–Trinajstić information content (AvgIpc) is 2.63. The summed E-state index contributed by atoms with van der Waals surface area (Å²) in [5, 5.41) is 3.63. The molecule has 1 aromatic rings. The van der Waals surface area contributed by atoms with Crippen molar-refractivity contribution in [2.45, 2.75) is 32.4 Å². The van der Waals surface area contributed by atoms with Crippen molar-refractivity contribution in [2.75, 3.05) is 20.1 Å². The lowest BCUT2D eigenvalue weighted by molar-refractivity contribution is 0.234. The number of hydrogen-bond acceptors (Lipinski definition) is 4. The molecule has 15 heavy (non-hydrogen) atoms. The Morgan fingerprint density at radius 1 is 1.53 bits per heavy atom. The molecule has 0 unspecified atom stereocenters. The van der Waals surface area contributed by atoms with Crippen molar-refractivity contribution in [1.82, 2.24) is 15.2 Å². The topological polar surface area (TPSA) is 28.2 Å². The number of rotatable bonds is 3. The van der Waals surface area contributed by atoms with Crippen LogP contribution in [0, 0.1) is 6.92 Å².